The summed E-state index contributed by atoms with van der Waals surface area (Å²) in [5, 5.41) is 26.1. The average molecular weight is 916 g/mol. The van der Waals surface area contributed by atoms with Gasteiger partial charge >= 0.3 is 12.1 Å². The van der Waals surface area contributed by atoms with Gasteiger partial charge in [-0.3, -0.25) is 29.0 Å². The van der Waals surface area contributed by atoms with Crippen molar-refractivity contribution in [1.82, 2.24) is 15.1 Å². The molecule has 65 heavy (non-hydrogen) atoms. The first-order valence-electron chi connectivity index (χ1n) is 23.0. The highest BCUT2D eigenvalue weighted by atomic mass is 16.7. The minimum absolute atomic E-state index is 0.0873. The van der Waals surface area contributed by atoms with Gasteiger partial charge in [0, 0.05) is 63.4 Å². The largest absolute Gasteiger partial charge is 0.457 e. The summed E-state index contributed by atoms with van der Waals surface area (Å²) in [7, 11) is 4.81. The molecular weight excluding hydrogens is 847 g/mol. The number of aliphatic hydroxyl groups excluding tert-OH is 2. The van der Waals surface area contributed by atoms with E-state index in [9.17, 15) is 34.2 Å². The van der Waals surface area contributed by atoms with Crippen molar-refractivity contribution in [2.45, 2.75) is 166 Å². The number of hydrogen-bond acceptors (Lipinski definition) is 16. The molecule has 1 aliphatic carbocycles. The second-order valence-electron chi connectivity index (χ2n) is 20.0. The number of aliphatic hydroxyl groups is 2. The van der Waals surface area contributed by atoms with Gasteiger partial charge < -0.3 is 53.4 Å². The van der Waals surface area contributed by atoms with Crippen LogP contribution in [0.15, 0.2) is 24.3 Å². The van der Waals surface area contributed by atoms with Crippen molar-refractivity contribution in [3.63, 3.8) is 0 Å². The Balaban J connectivity index is 1.22. The lowest BCUT2D eigenvalue weighted by Gasteiger charge is -2.49. The van der Waals surface area contributed by atoms with E-state index in [0.717, 1.165) is 0 Å². The number of likely N-dealkylation sites (N-methyl/N-ethyl adjacent to an activating group) is 1. The molecule has 0 aromatic heterocycles. The molecule has 19 atom stereocenters. The molecule has 1 spiro atoms. The maximum absolute atomic E-state index is 14.5. The lowest BCUT2D eigenvalue weighted by Crippen LogP contribution is -2.61. The summed E-state index contributed by atoms with van der Waals surface area (Å²) < 4.78 is 50.7. The van der Waals surface area contributed by atoms with Gasteiger partial charge in [-0.25, -0.2) is 4.79 Å². The van der Waals surface area contributed by atoms with Gasteiger partial charge in [-0.2, -0.15) is 0 Å². The Morgan fingerprint density at radius 1 is 0.862 bits per heavy atom. The molecule has 1 aromatic rings. The van der Waals surface area contributed by atoms with E-state index in [1.54, 1.807) is 72.9 Å². The zero-order valence-electron chi connectivity index (χ0n) is 39.7. The zero-order valence-corrected chi connectivity index (χ0v) is 39.7. The number of methoxy groups -OCH3 is 2. The molecule has 5 aliphatic heterocycles. The highest BCUT2D eigenvalue weighted by Gasteiger charge is 2.77. The van der Waals surface area contributed by atoms with Gasteiger partial charge in [0.1, 0.15) is 18.0 Å². The van der Waals surface area contributed by atoms with Crippen LogP contribution in [0.1, 0.15) is 102 Å². The molecule has 1 saturated carbocycles. The number of amides is 3. The Kier molecular flexibility index (Phi) is 14.0. The highest BCUT2D eigenvalue weighted by molar-refractivity contribution is 6.21. The van der Waals surface area contributed by atoms with E-state index in [2.05, 4.69) is 5.32 Å². The first-order chi connectivity index (χ1) is 30.5. The number of ketones is 1. The van der Waals surface area contributed by atoms with Crippen molar-refractivity contribution in [3.05, 3.63) is 35.4 Å². The standard InChI is InChI=1S/C47H69N3O15/c1-22-20-46(9,59-12)38(64-43-34(52)31(19-23(2)60-43)49(10)17-18-50-40(54)29-15-13-14-16-30(29)41(50)55)25(4)35(62-32-21-45(8,58-11)37(53)28(7)61-32)26(5)42(56)63-39-27(6)47(39)36(24(3)33(22)51)48-44(57)65-47/h13-16,22-28,31-32,34-39,43,52-53H,17-21H2,1-12H3,(H,48,57)/t22-,23-,24+,25+,26-,27?,28+,31+,32+,34-,35+,36-,37+,38-,39-,43+,45-,46+,47+/m1/s1. The normalized spacial score (nSPS) is 44.7. The fraction of sp³-hybridized carbons (Fsp3) is 0.766. The van der Waals surface area contributed by atoms with Crippen LogP contribution < -0.4 is 5.32 Å². The van der Waals surface area contributed by atoms with Crippen LogP contribution in [-0.4, -0.2) is 168 Å². The van der Waals surface area contributed by atoms with Crippen LogP contribution in [0.5, 0.6) is 0 Å². The smallest absolute Gasteiger partial charge is 0.408 e. The van der Waals surface area contributed by atoms with Crippen molar-refractivity contribution >= 4 is 29.7 Å². The molecule has 4 saturated heterocycles. The number of nitrogens with one attached hydrogen (secondary N) is 1. The van der Waals surface area contributed by atoms with Crippen molar-refractivity contribution in [3.8, 4) is 0 Å². The van der Waals surface area contributed by atoms with Gasteiger partial charge in [-0.05, 0) is 66.6 Å². The van der Waals surface area contributed by atoms with Gasteiger partial charge in [0.25, 0.3) is 11.8 Å². The number of alkyl carbamates (subject to hydrolysis) is 1. The number of esters is 1. The molecule has 3 N–H and O–H groups in total. The number of benzene rings is 1. The van der Waals surface area contributed by atoms with Gasteiger partial charge in [0.05, 0.1) is 58.7 Å². The SMILES string of the molecule is CO[C@]1(C)C[C@H](O[C@H]2[C@H](C)[C@@H](O[C@@H]3O[C@H](C)C[C@H](N(C)CCN4C(=O)c5ccccc5C4=O)[C@H]3O)[C@@](C)(OC)C[C@@H](C)C(=O)[C@H](C)[C@H]3NC(=O)O[C@@]34C(C)[C@H]4OC(=O)[C@@H]2C)O[C@@H](C)[C@@H]1O. The predicted octanol–water partition coefficient (Wildman–Crippen LogP) is 3.08. The molecule has 7 rings (SSSR count). The minimum atomic E-state index is -1.32. The van der Waals surface area contributed by atoms with Crippen LogP contribution in [0, 0.1) is 29.6 Å². The Bertz CT molecular complexity index is 1950. The topological polar surface area (TPSA) is 218 Å². The summed E-state index contributed by atoms with van der Waals surface area (Å²) in [6.45, 7) is 16.3. The molecule has 18 nitrogen and oxygen atoms in total. The number of fused-ring (bicyclic) bond motifs is 1. The number of Topliss-reactive ketones (excluding diaryl/α,β-unsaturated/α-hetero) is 1. The Morgan fingerprint density at radius 2 is 1.49 bits per heavy atom. The summed E-state index contributed by atoms with van der Waals surface area (Å²) in [5.41, 5.74) is -2.93. The third kappa shape index (κ3) is 8.76. The number of ether oxygens (including phenoxy) is 8. The molecule has 0 bridgehead atoms. The monoisotopic (exact) mass is 915 g/mol. The molecular formula is C47H69N3O15. The number of nitrogens with zero attached hydrogens (tertiary/aromatic N) is 2. The van der Waals surface area contributed by atoms with Crippen LogP contribution in [0.25, 0.3) is 0 Å². The van der Waals surface area contributed by atoms with E-state index in [1.165, 1.54) is 19.1 Å². The fourth-order valence-electron chi connectivity index (χ4n) is 11.4. The maximum atomic E-state index is 14.5. The van der Waals surface area contributed by atoms with E-state index in [-0.39, 0.29) is 43.5 Å². The van der Waals surface area contributed by atoms with E-state index in [4.69, 9.17) is 37.9 Å². The first-order valence-corrected chi connectivity index (χ1v) is 23.0. The molecule has 6 aliphatic rings. The number of hydrogen-bond donors (Lipinski definition) is 3. The number of carbonyl (C=O) groups is 5. The summed E-state index contributed by atoms with van der Waals surface area (Å²) in [6.07, 6.45) is -8.70. The van der Waals surface area contributed by atoms with E-state index >= 15 is 0 Å². The Hall–Kier alpha value is -3.59. The van der Waals surface area contributed by atoms with E-state index < -0.39 is 126 Å². The van der Waals surface area contributed by atoms with Crippen molar-refractivity contribution in [2.24, 2.45) is 29.6 Å². The summed E-state index contributed by atoms with van der Waals surface area (Å²) in [4.78, 5) is 71.3. The third-order valence-corrected chi connectivity index (χ3v) is 15.6. The van der Waals surface area contributed by atoms with Crippen molar-refractivity contribution < 1.29 is 72.1 Å². The highest BCUT2D eigenvalue weighted by Crippen LogP contribution is 2.56. The molecule has 3 amide bonds. The van der Waals surface area contributed by atoms with Gasteiger partial charge in [0.2, 0.25) is 0 Å². The van der Waals surface area contributed by atoms with Crippen molar-refractivity contribution in [1.29, 1.82) is 0 Å². The van der Waals surface area contributed by atoms with Gasteiger partial charge in [-0.1, -0.05) is 39.8 Å². The lowest BCUT2D eigenvalue weighted by molar-refractivity contribution is -0.319. The Morgan fingerprint density at radius 3 is 2.11 bits per heavy atom. The van der Waals surface area contributed by atoms with Crippen molar-refractivity contribution in [2.75, 3.05) is 34.4 Å². The number of carbonyl (C=O) groups excluding carboxylic acids is 5. The Labute approximate surface area is 381 Å². The zero-order chi connectivity index (χ0) is 47.7. The van der Waals surface area contributed by atoms with Gasteiger partial charge in [-0.15, -0.1) is 0 Å². The first kappa shape index (κ1) is 49.3. The summed E-state index contributed by atoms with van der Waals surface area (Å²) >= 11 is 0. The molecule has 362 valence electrons. The molecule has 5 heterocycles. The van der Waals surface area contributed by atoms with Crippen LogP contribution >= 0.6 is 0 Å². The van der Waals surface area contributed by atoms with Gasteiger partial charge in [0.15, 0.2) is 24.3 Å². The number of imide groups is 1. The second kappa shape index (κ2) is 18.5. The third-order valence-electron chi connectivity index (χ3n) is 15.6. The molecule has 18 heteroatoms. The average Bonchev–Trinajstić information content (AvgIpc) is 3.50. The molecule has 0 radical (unpaired) electrons. The molecule has 1 aromatic carbocycles. The minimum Gasteiger partial charge on any atom is -0.457 e. The summed E-state index contributed by atoms with van der Waals surface area (Å²) in [5.74, 6) is -5.20. The quantitative estimate of drug-likeness (QED) is 0.227. The van der Waals surface area contributed by atoms with Crippen LogP contribution in [0.3, 0.4) is 0 Å². The summed E-state index contributed by atoms with van der Waals surface area (Å²) in [6, 6.07) is 5.37. The predicted molar refractivity (Wildman–Crippen MR) is 230 cm³/mol. The van der Waals surface area contributed by atoms with Crippen LogP contribution in [-0.2, 0) is 47.5 Å². The number of rotatable bonds is 10. The van der Waals surface area contributed by atoms with Crippen LogP contribution in [0.2, 0.25) is 0 Å². The second-order valence-corrected chi connectivity index (χ2v) is 20.0. The van der Waals surface area contributed by atoms with E-state index in [1.807, 2.05) is 25.7 Å². The maximum Gasteiger partial charge on any atom is 0.408 e. The lowest BCUT2D eigenvalue weighted by atomic mass is 9.75. The van der Waals surface area contributed by atoms with E-state index in [0.29, 0.717) is 17.5 Å². The molecule has 1 unspecified atom stereocenters. The fourth-order valence-corrected chi connectivity index (χ4v) is 11.4. The molecule has 5 fully saturated rings. The van der Waals surface area contributed by atoms with Crippen LogP contribution in [0.4, 0.5) is 4.79 Å².